The number of hydrogen-bond donors (Lipinski definition) is 3. The lowest BCUT2D eigenvalue weighted by Crippen LogP contribution is -1.88. The molecule has 3 rings (SSSR count). The molecule has 0 saturated heterocycles. The van der Waals surface area contributed by atoms with E-state index in [2.05, 4.69) is 15.8 Å². The van der Waals surface area contributed by atoms with Crippen LogP contribution in [-0.4, -0.2) is 47.6 Å². The van der Waals surface area contributed by atoms with Gasteiger partial charge in [0.2, 0.25) is 32.9 Å². The molecule has 159 valence electrons. The van der Waals surface area contributed by atoms with E-state index in [-0.39, 0.29) is 31.9 Å². The van der Waals surface area contributed by atoms with E-state index in [0.717, 1.165) is 0 Å². The first-order valence-electron chi connectivity index (χ1n) is 8.15. The molecule has 0 amide bonds. The fourth-order valence-electron chi connectivity index (χ4n) is 1.82. The summed E-state index contributed by atoms with van der Waals surface area (Å²) in [7, 11) is 0. The molecule has 0 atom stereocenters. The van der Waals surface area contributed by atoms with Gasteiger partial charge in [0, 0.05) is 53.8 Å². The summed E-state index contributed by atoms with van der Waals surface area (Å²) in [6, 6.07) is 24.7. The molecule has 12 nitrogen and oxygen atoms in total. The molecule has 0 fully saturated rings. The first kappa shape index (κ1) is 26.8. The Bertz CT molecular complexity index is 832. The fourth-order valence-corrected chi connectivity index (χ4v) is 1.82. The summed E-state index contributed by atoms with van der Waals surface area (Å²) >= 11 is 0. The molecule has 3 aromatic carbocycles. The number of rotatable bonds is 3. The van der Waals surface area contributed by atoms with Gasteiger partial charge in [-0.3, -0.25) is 0 Å². The third-order valence-corrected chi connectivity index (χ3v) is 3.17. The van der Waals surface area contributed by atoms with Crippen LogP contribution in [-0.2, 0) is 0 Å². The highest BCUT2D eigenvalue weighted by Crippen LogP contribution is 2.09. The molecule has 3 radical (unpaired) electrons. The first-order valence-corrected chi connectivity index (χ1v) is 8.15. The summed E-state index contributed by atoms with van der Waals surface area (Å²) in [5.74, 6) is 0. The molecule has 3 aromatic rings. The van der Waals surface area contributed by atoms with Gasteiger partial charge in [-0.25, -0.2) is 0 Å². The molecule has 0 aliphatic heterocycles. The highest BCUT2D eigenvalue weighted by molar-refractivity contribution is 5.75. The van der Waals surface area contributed by atoms with Gasteiger partial charge in [0.05, 0.1) is 0 Å². The average molecular weight is 441 g/mol. The molecule has 0 spiro atoms. The standard InChI is InChI=1S/3C6H6N2O2.Al/c3*9-7-8(10)6-4-2-1-3-5-6;/h3*1-5,9H;/b3*8-7+;. The number of benzene rings is 3. The maximum atomic E-state index is 10.5. The second kappa shape index (κ2) is 15.7. The van der Waals surface area contributed by atoms with Crippen molar-refractivity contribution in [2.24, 2.45) is 15.8 Å². The Kier molecular flexibility index (Phi) is 13.6. The van der Waals surface area contributed by atoms with E-state index in [1.165, 1.54) is 0 Å². The highest BCUT2D eigenvalue weighted by Gasteiger charge is 1.99. The van der Waals surface area contributed by atoms with Crippen molar-refractivity contribution in [2.75, 3.05) is 0 Å². The second-order valence-electron chi connectivity index (χ2n) is 5.09. The monoisotopic (exact) mass is 441 g/mol. The summed E-state index contributed by atoms with van der Waals surface area (Å²) in [5, 5.41) is 62.9. The van der Waals surface area contributed by atoms with Crippen molar-refractivity contribution in [2.45, 2.75) is 0 Å². The molecule has 0 aliphatic carbocycles. The maximum Gasteiger partial charge on any atom is 0.248 e. The van der Waals surface area contributed by atoms with Crippen LogP contribution >= 0.6 is 0 Å². The highest BCUT2D eigenvalue weighted by atomic mass is 27.0. The van der Waals surface area contributed by atoms with E-state index in [9.17, 15) is 15.6 Å². The molecular weight excluding hydrogens is 423 g/mol. The summed E-state index contributed by atoms with van der Waals surface area (Å²) in [6.07, 6.45) is 0. The van der Waals surface area contributed by atoms with Gasteiger partial charge in [0.1, 0.15) is 0 Å². The largest absolute Gasteiger partial charge is 0.592 e. The van der Waals surface area contributed by atoms with Crippen molar-refractivity contribution in [1.82, 2.24) is 0 Å². The minimum absolute atomic E-state index is 0. The Morgan fingerprint density at radius 1 is 0.452 bits per heavy atom. The predicted octanol–water partition coefficient (Wildman–Crippen LogP) is 4.63. The van der Waals surface area contributed by atoms with Gasteiger partial charge in [-0.1, -0.05) is 54.6 Å². The average Bonchev–Trinajstić information content (AvgIpc) is 2.85. The van der Waals surface area contributed by atoms with Crippen LogP contribution in [0.25, 0.3) is 0 Å². The fraction of sp³-hybridized carbons (Fsp3) is 0. The van der Waals surface area contributed by atoms with Crippen molar-refractivity contribution in [1.29, 1.82) is 0 Å². The Morgan fingerprint density at radius 2 is 0.645 bits per heavy atom. The van der Waals surface area contributed by atoms with Crippen molar-refractivity contribution in [3.63, 3.8) is 0 Å². The van der Waals surface area contributed by atoms with Gasteiger partial charge < -0.3 is 31.2 Å². The maximum absolute atomic E-state index is 10.5. The van der Waals surface area contributed by atoms with E-state index in [0.29, 0.717) is 17.1 Å². The normalized spacial score (nSPS) is 11.0. The summed E-state index contributed by atoms with van der Waals surface area (Å²) in [4.78, 5) is 0.417. The lowest BCUT2D eigenvalue weighted by Gasteiger charge is -1.93. The van der Waals surface area contributed by atoms with Crippen LogP contribution in [0.4, 0.5) is 17.1 Å². The second-order valence-corrected chi connectivity index (χ2v) is 5.09. The van der Waals surface area contributed by atoms with Crippen LogP contribution < -0.4 is 0 Å². The quantitative estimate of drug-likeness (QED) is 0.231. The Hall–Kier alpha value is -4.21. The zero-order valence-corrected chi connectivity index (χ0v) is 17.1. The van der Waals surface area contributed by atoms with E-state index >= 15 is 0 Å². The van der Waals surface area contributed by atoms with Crippen LogP contribution in [0.5, 0.6) is 0 Å². The van der Waals surface area contributed by atoms with Gasteiger partial charge in [-0.2, -0.15) is 0 Å². The summed E-state index contributed by atoms with van der Waals surface area (Å²) in [6.45, 7) is 0. The molecule has 3 N–H and O–H groups in total. The zero-order valence-electron chi connectivity index (χ0n) is 16.0. The van der Waals surface area contributed by atoms with Crippen LogP contribution in [0.2, 0.25) is 0 Å². The van der Waals surface area contributed by atoms with Crippen LogP contribution in [0, 0.1) is 15.6 Å². The Labute approximate surface area is 187 Å². The minimum atomic E-state index is 0. The third kappa shape index (κ3) is 10.2. The Balaban J connectivity index is 0.000000429. The number of para-hydroxylation sites is 3. The number of hydrogen-bond acceptors (Lipinski definition) is 6. The van der Waals surface area contributed by atoms with Crippen LogP contribution in [0.15, 0.2) is 107 Å². The molecule has 0 unspecified atom stereocenters. The molecular formula is C18H18AlN6O6. The Morgan fingerprint density at radius 3 is 0.806 bits per heavy atom. The van der Waals surface area contributed by atoms with Gasteiger partial charge in [0.25, 0.3) is 0 Å². The van der Waals surface area contributed by atoms with Crippen LogP contribution in [0.3, 0.4) is 0 Å². The van der Waals surface area contributed by atoms with Gasteiger partial charge in [0.15, 0.2) is 0 Å². The van der Waals surface area contributed by atoms with E-state index in [4.69, 9.17) is 15.6 Å². The minimum Gasteiger partial charge on any atom is -0.592 e. The van der Waals surface area contributed by atoms with Crippen molar-refractivity contribution in [3.8, 4) is 0 Å². The van der Waals surface area contributed by atoms with Crippen molar-refractivity contribution in [3.05, 3.63) is 107 Å². The van der Waals surface area contributed by atoms with E-state index in [1.807, 2.05) is 0 Å². The summed E-state index contributed by atoms with van der Waals surface area (Å²) in [5.41, 5.74) is 0.931. The zero-order chi connectivity index (χ0) is 22.2. The lowest BCUT2D eigenvalue weighted by molar-refractivity contribution is -0.474. The number of nitrogens with zero attached hydrogens (tertiary/aromatic N) is 6. The molecule has 31 heavy (non-hydrogen) atoms. The molecule has 0 bridgehead atoms. The van der Waals surface area contributed by atoms with Crippen molar-refractivity contribution >= 4 is 34.4 Å². The van der Waals surface area contributed by atoms with E-state index in [1.54, 1.807) is 91.0 Å². The SMILES string of the molecule is [Al].[O-]/[N+](=N/O)c1ccccc1.[O-]/[N+](=N/O)c1ccccc1.[O-]/[N+](=N/O)c1ccccc1. The molecule has 0 aliphatic rings. The first-order chi connectivity index (χ1) is 14.5. The molecule has 13 heteroatoms. The predicted molar refractivity (Wildman–Crippen MR) is 108 cm³/mol. The van der Waals surface area contributed by atoms with Gasteiger partial charge in [-0.15, -0.1) is 0 Å². The van der Waals surface area contributed by atoms with E-state index < -0.39 is 0 Å². The van der Waals surface area contributed by atoms with Gasteiger partial charge in [-0.05, 0) is 14.6 Å². The lowest BCUT2D eigenvalue weighted by atomic mass is 10.3. The molecule has 0 aromatic heterocycles. The van der Waals surface area contributed by atoms with Crippen LogP contribution in [0.1, 0.15) is 0 Å². The summed E-state index contributed by atoms with van der Waals surface area (Å²) < 4.78 is 0. The van der Waals surface area contributed by atoms with Gasteiger partial charge >= 0.3 is 0 Å². The molecule has 0 saturated carbocycles. The van der Waals surface area contributed by atoms with Crippen molar-refractivity contribution < 1.29 is 30.2 Å². The molecule has 0 heterocycles. The topological polar surface area (TPSA) is 176 Å². The smallest absolute Gasteiger partial charge is 0.248 e. The third-order valence-electron chi connectivity index (χ3n) is 3.17.